The molecule has 0 radical (unpaired) electrons. The first-order valence-electron chi connectivity index (χ1n) is 9.56. The number of benzene rings is 1. The quantitative estimate of drug-likeness (QED) is 0.750. The third-order valence-electron chi connectivity index (χ3n) is 5.39. The highest BCUT2D eigenvalue weighted by molar-refractivity contribution is 8.26. The van der Waals surface area contributed by atoms with Gasteiger partial charge >= 0.3 is 0 Å². The first-order chi connectivity index (χ1) is 13.8. The molecule has 1 aromatic carbocycles. The Morgan fingerprint density at radius 3 is 2.69 bits per heavy atom. The minimum atomic E-state index is -0.391. The lowest BCUT2D eigenvalue weighted by Gasteiger charge is -2.20. The zero-order chi connectivity index (χ0) is 20.9. The van der Waals surface area contributed by atoms with Gasteiger partial charge in [0, 0.05) is 17.1 Å². The lowest BCUT2D eigenvalue weighted by atomic mass is 10.1. The standard InChI is InChI=1S/C22H23N5OS/c1-6-19-25-27-20(23)17(21(28)24-22(27)29-19)11-16-10-13(3)26(15(16)5)18-9-7-8-12(2)14(18)4/h7-11,23H,6H2,1-5H3. The predicted octanol–water partition coefficient (Wildman–Crippen LogP) is 4.74. The van der Waals surface area contributed by atoms with Crippen LogP contribution in [-0.2, 0) is 4.79 Å². The zero-order valence-electron chi connectivity index (χ0n) is 17.2. The number of aromatic nitrogens is 1. The topological polar surface area (TPSA) is 73.8 Å². The minimum Gasteiger partial charge on any atom is -0.318 e. The lowest BCUT2D eigenvalue weighted by Crippen LogP contribution is -2.35. The SMILES string of the molecule is CCC1=NN2C(=N)C(=Cc3cc(C)n(-c4cccc(C)c4C)c3C)C(=O)N=C2S1. The first-order valence-corrected chi connectivity index (χ1v) is 10.4. The van der Waals surface area contributed by atoms with E-state index in [4.69, 9.17) is 5.41 Å². The summed E-state index contributed by atoms with van der Waals surface area (Å²) in [4.78, 5) is 16.8. The van der Waals surface area contributed by atoms with Gasteiger partial charge in [0.2, 0.25) is 5.17 Å². The molecule has 4 rings (SSSR count). The van der Waals surface area contributed by atoms with Gasteiger partial charge in [-0.05, 0) is 80.8 Å². The molecule has 29 heavy (non-hydrogen) atoms. The van der Waals surface area contributed by atoms with E-state index < -0.39 is 5.91 Å². The molecule has 2 aromatic rings. The van der Waals surface area contributed by atoms with Crippen LogP contribution in [0.3, 0.4) is 0 Å². The third-order valence-corrected chi connectivity index (χ3v) is 6.44. The van der Waals surface area contributed by atoms with Crippen LogP contribution in [0.4, 0.5) is 0 Å². The summed E-state index contributed by atoms with van der Waals surface area (Å²) in [5.41, 5.74) is 6.84. The summed E-state index contributed by atoms with van der Waals surface area (Å²) in [7, 11) is 0. The molecule has 0 unspecified atom stereocenters. The van der Waals surface area contributed by atoms with Gasteiger partial charge in [-0.15, -0.1) is 0 Å². The van der Waals surface area contributed by atoms with Crippen molar-refractivity contribution in [3.63, 3.8) is 0 Å². The summed E-state index contributed by atoms with van der Waals surface area (Å²) >= 11 is 1.35. The molecular formula is C22H23N5OS. The number of hydrazone groups is 1. The number of fused-ring (bicyclic) bond motifs is 1. The molecule has 148 valence electrons. The molecule has 1 N–H and O–H groups in total. The van der Waals surface area contributed by atoms with Gasteiger partial charge in [0.15, 0.2) is 5.84 Å². The van der Waals surface area contributed by atoms with Gasteiger partial charge < -0.3 is 4.57 Å². The van der Waals surface area contributed by atoms with Crippen LogP contribution in [0.15, 0.2) is 39.9 Å². The van der Waals surface area contributed by atoms with Crippen molar-refractivity contribution in [3.05, 3.63) is 57.9 Å². The van der Waals surface area contributed by atoms with Crippen LogP contribution in [-0.4, -0.2) is 31.5 Å². The second-order valence-corrected chi connectivity index (χ2v) is 8.29. The van der Waals surface area contributed by atoms with Crippen LogP contribution >= 0.6 is 11.8 Å². The maximum absolute atomic E-state index is 12.6. The highest BCUT2D eigenvalue weighted by Crippen LogP contribution is 2.31. The molecular weight excluding hydrogens is 382 g/mol. The van der Waals surface area contributed by atoms with E-state index in [1.807, 2.05) is 19.9 Å². The summed E-state index contributed by atoms with van der Waals surface area (Å²) in [6.07, 6.45) is 2.51. The molecule has 2 aliphatic heterocycles. The van der Waals surface area contributed by atoms with Crippen LogP contribution in [0.5, 0.6) is 0 Å². The molecule has 0 spiro atoms. The Hall–Kier alpha value is -2.93. The number of hydrogen-bond acceptors (Lipinski definition) is 4. The molecule has 6 nitrogen and oxygen atoms in total. The number of thioether (sulfide) groups is 1. The molecule has 3 heterocycles. The zero-order valence-corrected chi connectivity index (χ0v) is 18.0. The van der Waals surface area contributed by atoms with Crippen molar-refractivity contribution in [1.82, 2.24) is 9.58 Å². The van der Waals surface area contributed by atoms with E-state index in [1.54, 1.807) is 6.08 Å². The molecule has 0 atom stereocenters. The Balaban J connectivity index is 1.78. The van der Waals surface area contributed by atoms with Gasteiger partial charge in [-0.25, -0.2) is 0 Å². The van der Waals surface area contributed by atoms with E-state index in [2.05, 4.69) is 53.6 Å². The number of nitrogens with zero attached hydrogens (tertiary/aromatic N) is 4. The Morgan fingerprint density at radius 1 is 1.21 bits per heavy atom. The summed E-state index contributed by atoms with van der Waals surface area (Å²) in [5.74, 6) is -0.315. The maximum atomic E-state index is 12.6. The van der Waals surface area contributed by atoms with Gasteiger partial charge in [-0.3, -0.25) is 10.2 Å². The number of amidine groups is 2. The smallest absolute Gasteiger partial charge is 0.283 e. The number of carbonyl (C=O) groups excluding carboxylic acids is 1. The molecule has 0 saturated carbocycles. The van der Waals surface area contributed by atoms with E-state index in [9.17, 15) is 4.79 Å². The summed E-state index contributed by atoms with van der Waals surface area (Å²) in [6, 6.07) is 8.31. The van der Waals surface area contributed by atoms with Crippen LogP contribution in [0.25, 0.3) is 11.8 Å². The highest BCUT2D eigenvalue weighted by Gasteiger charge is 2.35. The number of carbonyl (C=O) groups is 1. The van der Waals surface area contributed by atoms with Gasteiger partial charge in [0.25, 0.3) is 5.91 Å². The van der Waals surface area contributed by atoms with Crippen molar-refractivity contribution in [1.29, 1.82) is 5.41 Å². The third kappa shape index (κ3) is 3.15. The van der Waals surface area contributed by atoms with E-state index in [0.29, 0.717) is 5.17 Å². The molecule has 1 aromatic heterocycles. The average Bonchev–Trinajstić information content (AvgIpc) is 3.22. The molecule has 7 heteroatoms. The van der Waals surface area contributed by atoms with Crippen molar-refractivity contribution in [2.75, 3.05) is 0 Å². The molecule has 0 aliphatic carbocycles. The van der Waals surface area contributed by atoms with Gasteiger partial charge in [0.05, 0.1) is 5.57 Å². The summed E-state index contributed by atoms with van der Waals surface area (Å²) < 4.78 is 2.19. The van der Waals surface area contributed by atoms with Crippen molar-refractivity contribution < 1.29 is 4.79 Å². The predicted molar refractivity (Wildman–Crippen MR) is 120 cm³/mol. The van der Waals surface area contributed by atoms with Gasteiger partial charge in [0.1, 0.15) is 5.04 Å². The molecule has 0 saturated heterocycles. The number of hydrogen-bond donors (Lipinski definition) is 1. The molecule has 0 bridgehead atoms. The number of amides is 1. The van der Waals surface area contributed by atoms with E-state index >= 15 is 0 Å². The molecule has 2 aliphatic rings. The fourth-order valence-electron chi connectivity index (χ4n) is 3.61. The Bertz CT molecular complexity index is 1150. The average molecular weight is 406 g/mol. The first kappa shape index (κ1) is 19.4. The number of rotatable bonds is 3. The second-order valence-electron chi connectivity index (χ2n) is 7.25. The monoisotopic (exact) mass is 405 g/mol. The highest BCUT2D eigenvalue weighted by atomic mass is 32.2. The van der Waals surface area contributed by atoms with Crippen LogP contribution in [0, 0.1) is 33.1 Å². The Morgan fingerprint density at radius 2 is 1.97 bits per heavy atom. The number of nitrogens with one attached hydrogen (secondary N) is 1. The van der Waals surface area contributed by atoms with Gasteiger partial charge in [-0.1, -0.05) is 19.1 Å². The van der Waals surface area contributed by atoms with Crippen LogP contribution < -0.4 is 0 Å². The fraction of sp³-hybridized carbons (Fsp3) is 0.273. The minimum absolute atomic E-state index is 0.0764. The van der Waals surface area contributed by atoms with Crippen LogP contribution in [0.2, 0.25) is 0 Å². The molecule has 1 amide bonds. The lowest BCUT2D eigenvalue weighted by molar-refractivity contribution is -0.114. The van der Waals surface area contributed by atoms with Crippen molar-refractivity contribution in [3.8, 4) is 5.69 Å². The number of aryl methyl sites for hydroxylation is 2. The van der Waals surface area contributed by atoms with Crippen LogP contribution in [0.1, 0.15) is 41.4 Å². The summed E-state index contributed by atoms with van der Waals surface area (Å²) in [5, 5.41) is 15.7. The maximum Gasteiger partial charge on any atom is 0.283 e. The summed E-state index contributed by atoms with van der Waals surface area (Å²) in [6.45, 7) is 10.3. The Labute approximate surface area is 174 Å². The van der Waals surface area contributed by atoms with E-state index in [0.717, 1.165) is 34.1 Å². The van der Waals surface area contributed by atoms with Crippen molar-refractivity contribution in [2.24, 2.45) is 10.1 Å². The molecule has 0 fully saturated rings. The normalized spacial score (nSPS) is 17.7. The van der Waals surface area contributed by atoms with Crippen molar-refractivity contribution >= 4 is 39.8 Å². The van der Waals surface area contributed by atoms with E-state index in [-0.39, 0.29) is 11.4 Å². The van der Waals surface area contributed by atoms with E-state index in [1.165, 1.54) is 27.9 Å². The second kappa shape index (κ2) is 7.15. The Kier molecular flexibility index (Phi) is 4.78. The largest absolute Gasteiger partial charge is 0.318 e. The number of aliphatic imine (C=N–C) groups is 1. The van der Waals surface area contributed by atoms with Gasteiger partial charge in [-0.2, -0.15) is 15.1 Å². The van der Waals surface area contributed by atoms with Crippen molar-refractivity contribution in [2.45, 2.75) is 41.0 Å². The fourth-order valence-corrected chi connectivity index (χ4v) is 4.44.